The number of rotatable bonds is 3. The maximum Gasteiger partial charge on any atom is 0.226 e. The van der Waals surface area contributed by atoms with Crippen LogP contribution in [-0.4, -0.2) is 23.5 Å². The first kappa shape index (κ1) is 15.4. The molecule has 2 atom stereocenters. The lowest BCUT2D eigenvalue weighted by Crippen LogP contribution is -2.39. The largest absolute Gasteiger partial charge is 0.329 e. The molecule has 2 N–H and O–H groups in total. The minimum absolute atomic E-state index is 0.0492. The Hall–Kier alpha value is -1.98. The lowest BCUT2D eigenvalue weighted by Gasteiger charge is -2.27. The molecule has 2 aliphatic heterocycles. The third-order valence-corrected chi connectivity index (χ3v) is 3.99. The Morgan fingerprint density at radius 3 is 2.33 bits per heavy atom. The van der Waals surface area contributed by atoms with Crippen molar-refractivity contribution in [2.45, 2.75) is 39.5 Å². The fourth-order valence-electron chi connectivity index (χ4n) is 2.85. The summed E-state index contributed by atoms with van der Waals surface area (Å²) in [6.45, 7) is 3.82. The molecule has 6 nitrogen and oxygen atoms in total. The summed E-state index contributed by atoms with van der Waals surface area (Å²) >= 11 is 0. The maximum absolute atomic E-state index is 12.1. The standard InChI is InChI=1S/C15H20N2O4/c1-8-3-9(2)15(21)16-12(8)7-11(18)4-10-5-13(19)17-14(20)6-10/h7-10H,3-6H2,1-2H3,(H,16,21)(H,17,19,20)/t8-,9-/m1/s1. The van der Waals surface area contributed by atoms with Gasteiger partial charge in [-0.15, -0.1) is 0 Å². The molecule has 0 aromatic heterocycles. The molecule has 2 saturated heterocycles. The molecule has 0 saturated carbocycles. The van der Waals surface area contributed by atoms with Crippen molar-refractivity contribution in [3.8, 4) is 0 Å². The van der Waals surface area contributed by atoms with E-state index in [-0.39, 0.29) is 60.5 Å². The topological polar surface area (TPSA) is 92.3 Å². The molecular formula is C15H20N2O4. The number of imide groups is 1. The number of nitrogens with one attached hydrogen (secondary N) is 2. The van der Waals surface area contributed by atoms with E-state index in [2.05, 4.69) is 10.6 Å². The SMILES string of the molecule is C[C@@H]1C[C@@H](C)C(=CC(=O)CC2CC(=O)NC(=O)C2)NC1=O. The third kappa shape index (κ3) is 4.00. The summed E-state index contributed by atoms with van der Waals surface area (Å²) in [5.41, 5.74) is 0.634. The van der Waals surface area contributed by atoms with Crippen LogP contribution in [0.3, 0.4) is 0 Å². The molecule has 2 rings (SSSR count). The number of amides is 3. The van der Waals surface area contributed by atoms with Crippen molar-refractivity contribution in [2.75, 3.05) is 0 Å². The molecule has 0 radical (unpaired) electrons. The Morgan fingerprint density at radius 2 is 1.71 bits per heavy atom. The van der Waals surface area contributed by atoms with Crippen molar-refractivity contribution in [1.29, 1.82) is 0 Å². The third-order valence-electron chi connectivity index (χ3n) is 3.99. The second kappa shape index (κ2) is 6.20. The molecule has 2 fully saturated rings. The first-order valence-electron chi connectivity index (χ1n) is 7.23. The summed E-state index contributed by atoms with van der Waals surface area (Å²) in [5.74, 6) is -1.05. The van der Waals surface area contributed by atoms with Gasteiger partial charge in [-0.3, -0.25) is 24.5 Å². The van der Waals surface area contributed by atoms with E-state index < -0.39 is 0 Å². The molecule has 0 spiro atoms. The Kier molecular flexibility index (Phi) is 4.55. The van der Waals surface area contributed by atoms with Crippen molar-refractivity contribution >= 4 is 23.5 Å². The molecule has 2 heterocycles. The molecule has 0 aromatic carbocycles. The molecule has 2 aliphatic rings. The van der Waals surface area contributed by atoms with Crippen LogP contribution < -0.4 is 10.6 Å². The van der Waals surface area contributed by atoms with Gasteiger partial charge in [0.25, 0.3) is 0 Å². The van der Waals surface area contributed by atoms with E-state index in [0.717, 1.165) is 6.42 Å². The Balaban J connectivity index is 1.97. The van der Waals surface area contributed by atoms with Crippen molar-refractivity contribution < 1.29 is 19.2 Å². The van der Waals surface area contributed by atoms with Gasteiger partial charge in [0.1, 0.15) is 0 Å². The fraction of sp³-hybridized carbons (Fsp3) is 0.600. The smallest absolute Gasteiger partial charge is 0.226 e. The summed E-state index contributed by atoms with van der Waals surface area (Å²) < 4.78 is 0. The second-order valence-electron chi connectivity index (χ2n) is 6.04. The molecule has 6 heteroatoms. The van der Waals surface area contributed by atoms with Crippen LogP contribution in [0.5, 0.6) is 0 Å². The minimum atomic E-state index is -0.329. The van der Waals surface area contributed by atoms with E-state index in [9.17, 15) is 19.2 Å². The molecule has 0 aliphatic carbocycles. The van der Waals surface area contributed by atoms with Gasteiger partial charge < -0.3 is 5.32 Å². The zero-order valence-electron chi connectivity index (χ0n) is 12.3. The predicted octanol–water partition coefficient (Wildman–Crippen LogP) is 0.674. The summed E-state index contributed by atoms with van der Waals surface area (Å²) in [7, 11) is 0. The van der Waals surface area contributed by atoms with Gasteiger partial charge in [0.05, 0.1) is 0 Å². The van der Waals surface area contributed by atoms with Crippen LogP contribution in [0.1, 0.15) is 39.5 Å². The van der Waals surface area contributed by atoms with Gasteiger partial charge in [0.15, 0.2) is 5.78 Å². The van der Waals surface area contributed by atoms with Crippen LogP contribution in [0.4, 0.5) is 0 Å². The number of hydrogen-bond donors (Lipinski definition) is 2. The van der Waals surface area contributed by atoms with E-state index >= 15 is 0 Å². The Bertz CT molecular complexity index is 508. The van der Waals surface area contributed by atoms with Crippen molar-refractivity contribution in [3.05, 3.63) is 11.8 Å². The molecule has 0 unspecified atom stereocenters. The van der Waals surface area contributed by atoms with E-state index in [1.165, 1.54) is 6.08 Å². The van der Waals surface area contributed by atoms with Gasteiger partial charge in [0.2, 0.25) is 17.7 Å². The first-order chi connectivity index (χ1) is 9.85. The van der Waals surface area contributed by atoms with E-state index in [4.69, 9.17) is 0 Å². The Morgan fingerprint density at radius 1 is 1.10 bits per heavy atom. The molecule has 114 valence electrons. The van der Waals surface area contributed by atoms with Gasteiger partial charge in [0, 0.05) is 37.0 Å². The normalized spacial score (nSPS) is 29.2. The van der Waals surface area contributed by atoms with E-state index in [1.54, 1.807) is 0 Å². The van der Waals surface area contributed by atoms with Crippen LogP contribution in [0.25, 0.3) is 0 Å². The zero-order chi connectivity index (χ0) is 15.6. The van der Waals surface area contributed by atoms with Crippen LogP contribution in [-0.2, 0) is 19.2 Å². The maximum atomic E-state index is 12.1. The van der Waals surface area contributed by atoms with Gasteiger partial charge in [-0.05, 0) is 18.3 Å². The fourth-order valence-corrected chi connectivity index (χ4v) is 2.85. The average Bonchev–Trinajstić information content (AvgIpc) is 2.34. The van der Waals surface area contributed by atoms with Crippen LogP contribution in [0.15, 0.2) is 11.8 Å². The summed E-state index contributed by atoms with van der Waals surface area (Å²) in [6, 6.07) is 0. The van der Waals surface area contributed by atoms with Crippen molar-refractivity contribution in [1.82, 2.24) is 10.6 Å². The minimum Gasteiger partial charge on any atom is -0.329 e. The molecule has 0 aromatic rings. The highest BCUT2D eigenvalue weighted by Crippen LogP contribution is 2.25. The number of hydrogen-bond acceptors (Lipinski definition) is 4. The van der Waals surface area contributed by atoms with E-state index in [0.29, 0.717) is 5.70 Å². The number of carbonyl (C=O) groups excluding carboxylic acids is 4. The van der Waals surface area contributed by atoms with Gasteiger partial charge in [-0.2, -0.15) is 0 Å². The number of piperidine rings is 2. The summed E-state index contributed by atoms with van der Waals surface area (Å²) in [6.07, 6.45) is 2.71. The van der Waals surface area contributed by atoms with Gasteiger partial charge in [-0.1, -0.05) is 13.8 Å². The molecule has 21 heavy (non-hydrogen) atoms. The quantitative estimate of drug-likeness (QED) is 0.591. The summed E-state index contributed by atoms with van der Waals surface area (Å²) in [5, 5.41) is 4.98. The second-order valence-corrected chi connectivity index (χ2v) is 6.04. The number of carbonyl (C=O) groups is 4. The van der Waals surface area contributed by atoms with Gasteiger partial charge >= 0.3 is 0 Å². The highest BCUT2D eigenvalue weighted by molar-refractivity contribution is 5.99. The van der Waals surface area contributed by atoms with Crippen molar-refractivity contribution in [3.63, 3.8) is 0 Å². The molecule has 0 bridgehead atoms. The highest BCUT2D eigenvalue weighted by atomic mass is 16.2. The molecule has 3 amide bonds. The van der Waals surface area contributed by atoms with Crippen LogP contribution in [0, 0.1) is 17.8 Å². The number of allylic oxidation sites excluding steroid dienone is 2. The average molecular weight is 292 g/mol. The van der Waals surface area contributed by atoms with E-state index in [1.807, 2.05) is 13.8 Å². The van der Waals surface area contributed by atoms with Crippen molar-refractivity contribution in [2.24, 2.45) is 17.8 Å². The van der Waals surface area contributed by atoms with Crippen LogP contribution >= 0.6 is 0 Å². The zero-order valence-corrected chi connectivity index (χ0v) is 12.3. The highest BCUT2D eigenvalue weighted by Gasteiger charge is 2.29. The molecular weight excluding hydrogens is 272 g/mol. The lowest BCUT2D eigenvalue weighted by atomic mass is 9.87. The monoisotopic (exact) mass is 292 g/mol. The Labute approximate surface area is 123 Å². The first-order valence-corrected chi connectivity index (χ1v) is 7.23. The predicted molar refractivity (Wildman–Crippen MR) is 74.7 cm³/mol. The summed E-state index contributed by atoms with van der Waals surface area (Å²) in [4.78, 5) is 46.2. The van der Waals surface area contributed by atoms with Crippen LogP contribution in [0.2, 0.25) is 0 Å². The lowest BCUT2D eigenvalue weighted by molar-refractivity contribution is -0.135. The van der Waals surface area contributed by atoms with Gasteiger partial charge in [-0.25, -0.2) is 0 Å². The number of ketones is 1.